The van der Waals surface area contributed by atoms with Gasteiger partial charge in [0.05, 0.1) is 0 Å². The summed E-state index contributed by atoms with van der Waals surface area (Å²) in [5, 5.41) is 0. The van der Waals surface area contributed by atoms with Gasteiger partial charge >= 0.3 is 5.97 Å². The lowest BCUT2D eigenvalue weighted by Crippen LogP contribution is -2.07. The molecule has 0 saturated carbocycles. The monoisotopic (exact) mass is 305 g/mol. The smallest absolute Gasteiger partial charge is 0.311 e. The molecule has 1 aromatic carbocycles. The Morgan fingerprint density at radius 2 is 2.29 bits per heavy atom. The molecule has 0 unspecified atom stereocenters. The van der Waals surface area contributed by atoms with E-state index in [2.05, 4.69) is 22.6 Å². The van der Waals surface area contributed by atoms with Crippen LogP contribution in [-0.4, -0.2) is 5.97 Å². The van der Waals surface area contributed by atoms with Crippen LogP contribution in [0.1, 0.15) is 19.8 Å². The van der Waals surface area contributed by atoms with Crippen LogP contribution in [0.4, 0.5) is 5.69 Å². The van der Waals surface area contributed by atoms with E-state index in [-0.39, 0.29) is 5.97 Å². The number of rotatable bonds is 3. The van der Waals surface area contributed by atoms with Gasteiger partial charge < -0.3 is 10.5 Å². The van der Waals surface area contributed by atoms with Gasteiger partial charge in [0.15, 0.2) is 0 Å². The fourth-order valence-electron chi connectivity index (χ4n) is 0.958. The maximum Gasteiger partial charge on any atom is 0.311 e. The molecular weight excluding hydrogens is 293 g/mol. The predicted octanol–water partition coefficient (Wildman–Crippen LogP) is 2.58. The SMILES string of the molecule is CCCC(=O)Oc1ccc(N)c(I)c1. The molecule has 76 valence electrons. The van der Waals surface area contributed by atoms with E-state index < -0.39 is 0 Å². The molecule has 0 amide bonds. The fourth-order valence-corrected chi connectivity index (χ4v) is 1.44. The Labute approximate surface area is 96.8 Å². The Bertz CT molecular complexity index is 339. The van der Waals surface area contributed by atoms with Crippen molar-refractivity contribution in [3.8, 4) is 5.75 Å². The summed E-state index contributed by atoms with van der Waals surface area (Å²) in [6.45, 7) is 1.94. The Hall–Kier alpha value is -0.780. The third-order valence-corrected chi connectivity index (χ3v) is 2.59. The second kappa shape index (κ2) is 5.19. The molecule has 0 fully saturated rings. The minimum atomic E-state index is -0.201. The van der Waals surface area contributed by atoms with Gasteiger partial charge in [0.25, 0.3) is 0 Å². The quantitative estimate of drug-likeness (QED) is 0.404. The molecule has 1 aromatic rings. The van der Waals surface area contributed by atoms with Crippen molar-refractivity contribution in [2.24, 2.45) is 0 Å². The van der Waals surface area contributed by atoms with Gasteiger partial charge in [-0.2, -0.15) is 0 Å². The van der Waals surface area contributed by atoms with Crippen LogP contribution in [0.2, 0.25) is 0 Å². The van der Waals surface area contributed by atoms with Gasteiger partial charge in [0, 0.05) is 15.7 Å². The van der Waals surface area contributed by atoms with Gasteiger partial charge in [-0.25, -0.2) is 0 Å². The first-order valence-electron chi connectivity index (χ1n) is 4.39. The van der Waals surface area contributed by atoms with Crippen LogP contribution < -0.4 is 10.5 Å². The molecular formula is C10H12INO2. The van der Waals surface area contributed by atoms with Gasteiger partial charge in [-0.15, -0.1) is 0 Å². The molecule has 4 heteroatoms. The molecule has 0 heterocycles. The summed E-state index contributed by atoms with van der Waals surface area (Å²) in [5.41, 5.74) is 6.33. The van der Waals surface area contributed by atoms with Crippen molar-refractivity contribution < 1.29 is 9.53 Å². The lowest BCUT2D eigenvalue weighted by molar-refractivity contribution is -0.134. The largest absolute Gasteiger partial charge is 0.426 e. The van der Waals surface area contributed by atoms with E-state index in [1.807, 2.05) is 6.92 Å². The maximum absolute atomic E-state index is 11.2. The van der Waals surface area contributed by atoms with Gasteiger partial charge in [-0.1, -0.05) is 6.92 Å². The van der Waals surface area contributed by atoms with Crippen molar-refractivity contribution in [3.05, 3.63) is 21.8 Å². The number of nitrogen functional groups attached to an aromatic ring is 1. The number of carbonyl (C=O) groups excluding carboxylic acids is 1. The third kappa shape index (κ3) is 3.17. The zero-order valence-electron chi connectivity index (χ0n) is 7.92. The van der Waals surface area contributed by atoms with E-state index >= 15 is 0 Å². The minimum absolute atomic E-state index is 0.201. The molecule has 3 nitrogen and oxygen atoms in total. The number of benzene rings is 1. The molecule has 0 spiro atoms. The van der Waals surface area contributed by atoms with Crippen LogP contribution in [0.15, 0.2) is 18.2 Å². The van der Waals surface area contributed by atoms with Crippen molar-refractivity contribution >= 4 is 34.2 Å². The van der Waals surface area contributed by atoms with Crippen LogP contribution in [-0.2, 0) is 4.79 Å². The highest BCUT2D eigenvalue weighted by Gasteiger charge is 2.04. The van der Waals surface area contributed by atoms with E-state index in [1.54, 1.807) is 18.2 Å². The van der Waals surface area contributed by atoms with Crippen molar-refractivity contribution in [1.82, 2.24) is 0 Å². The summed E-state index contributed by atoms with van der Waals surface area (Å²) in [7, 11) is 0. The average molecular weight is 305 g/mol. The van der Waals surface area contributed by atoms with Gasteiger partial charge in [-0.3, -0.25) is 4.79 Å². The normalized spacial score (nSPS) is 9.86. The first-order chi connectivity index (χ1) is 6.63. The predicted molar refractivity (Wildman–Crippen MR) is 64.1 cm³/mol. The summed E-state index contributed by atoms with van der Waals surface area (Å²) < 4.78 is 5.98. The number of esters is 1. The lowest BCUT2D eigenvalue weighted by atomic mass is 10.3. The van der Waals surface area contributed by atoms with E-state index in [1.165, 1.54) is 0 Å². The highest BCUT2D eigenvalue weighted by Crippen LogP contribution is 2.21. The van der Waals surface area contributed by atoms with Crippen LogP contribution >= 0.6 is 22.6 Å². The lowest BCUT2D eigenvalue weighted by Gasteiger charge is -2.04. The van der Waals surface area contributed by atoms with Crippen LogP contribution in [0.5, 0.6) is 5.75 Å². The Balaban J connectivity index is 2.68. The van der Waals surface area contributed by atoms with Crippen molar-refractivity contribution in [1.29, 1.82) is 0 Å². The number of halogens is 1. The summed E-state index contributed by atoms with van der Waals surface area (Å²) in [6, 6.07) is 5.19. The molecule has 0 bridgehead atoms. The number of ether oxygens (including phenoxy) is 1. The highest BCUT2D eigenvalue weighted by atomic mass is 127. The first-order valence-corrected chi connectivity index (χ1v) is 5.47. The number of nitrogens with two attached hydrogens (primary N) is 1. The number of hydrogen-bond acceptors (Lipinski definition) is 3. The van der Waals surface area contributed by atoms with Crippen LogP contribution in [0.25, 0.3) is 0 Å². The second-order valence-electron chi connectivity index (χ2n) is 2.91. The van der Waals surface area contributed by atoms with Crippen molar-refractivity contribution in [2.75, 3.05) is 5.73 Å². The fraction of sp³-hybridized carbons (Fsp3) is 0.300. The second-order valence-corrected chi connectivity index (χ2v) is 4.07. The summed E-state index contributed by atoms with van der Waals surface area (Å²) in [6.07, 6.45) is 1.24. The molecule has 2 N–H and O–H groups in total. The Morgan fingerprint density at radius 1 is 1.57 bits per heavy atom. The number of anilines is 1. The third-order valence-electron chi connectivity index (χ3n) is 1.66. The molecule has 0 aromatic heterocycles. The molecule has 0 saturated heterocycles. The van der Waals surface area contributed by atoms with E-state index in [0.717, 1.165) is 9.99 Å². The van der Waals surface area contributed by atoms with Gasteiger partial charge in [0.2, 0.25) is 0 Å². The molecule has 0 radical (unpaired) electrons. The van der Waals surface area contributed by atoms with Gasteiger partial charge in [-0.05, 0) is 47.2 Å². The molecule has 0 aliphatic rings. The molecule has 0 aliphatic carbocycles. The highest BCUT2D eigenvalue weighted by molar-refractivity contribution is 14.1. The van der Waals surface area contributed by atoms with Crippen LogP contribution in [0.3, 0.4) is 0 Å². The van der Waals surface area contributed by atoms with E-state index in [0.29, 0.717) is 17.9 Å². The summed E-state index contributed by atoms with van der Waals surface area (Å²) in [4.78, 5) is 11.2. The minimum Gasteiger partial charge on any atom is -0.426 e. The number of hydrogen-bond donors (Lipinski definition) is 1. The zero-order chi connectivity index (χ0) is 10.6. The molecule has 0 aliphatic heterocycles. The standard InChI is InChI=1S/C10H12INO2/c1-2-3-10(13)14-7-4-5-9(12)8(11)6-7/h4-6H,2-3,12H2,1H3. The first kappa shape index (κ1) is 11.3. The average Bonchev–Trinajstić information content (AvgIpc) is 2.12. The molecule has 14 heavy (non-hydrogen) atoms. The summed E-state index contributed by atoms with van der Waals surface area (Å²) in [5.74, 6) is 0.357. The van der Waals surface area contributed by atoms with Crippen molar-refractivity contribution in [2.45, 2.75) is 19.8 Å². The Morgan fingerprint density at radius 3 is 2.86 bits per heavy atom. The van der Waals surface area contributed by atoms with Gasteiger partial charge in [0.1, 0.15) is 5.75 Å². The number of carbonyl (C=O) groups is 1. The van der Waals surface area contributed by atoms with Crippen molar-refractivity contribution in [3.63, 3.8) is 0 Å². The zero-order valence-corrected chi connectivity index (χ0v) is 10.1. The summed E-state index contributed by atoms with van der Waals surface area (Å²) >= 11 is 2.10. The topological polar surface area (TPSA) is 52.3 Å². The molecule has 0 atom stereocenters. The maximum atomic E-state index is 11.2. The Kier molecular flexibility index (Phi) is 4.19. The van der Waals surface area contributed by atoms with Crippen LogP contribution in [0, 0.1) is 3.57 Å². The molecule has 1 rings (SSSR count). The van der Waals surface area contributed by atoms with E-state index in [9.17, 15) is 4.79 Å². The van der Waals surface area contributed by atoms with E-state index in [4.69, 9.17) is 10.5 Å².